The van der Waals surface area contributed by atoms with E-state index in [-0.39, 0.29) is 11.5 Å². The molecule has 0 unspecified atom stereocenters. The van der Waals surface area contributed by atoms with Gasteiger partial charge in [0.15, 0.2) is 0 Å². The van der Waals surface area contributed by atoms with Crippen molar-refractivity contribution in [3.05, 3.63) is 0 Å². The zero-order chi connectivity index (χ0) is 12.7. The van der Waals surface area contributed by atoms with Gasteiger partial charge in [0.25, 0.3) is 5.91 Å². The number of ether oxygens (including phenoxy) is 2. The third-order valence-corrected chi connectivity index (χ3v) is 1.44. The molecule has 16 heavy (non-hydrogen) atoms. The van der Waals surface area contributed by atoms with E-state index in [1.807, 2.05) is 0 Å². The Kier molecular flexibility index (Phi) is 5.53. The molecular formula is C8H12N2O6. The van der Waals surface area contributed by atoms with Crippen LogP contribution in [0.1, 0.15) is 13.3 Å². The molecule has 2 N–H and O–H groups in total. The Labute approximate surface area is 91.3 Å². The molecule has 0 aliphatic rings. The van der Waals surface area contributed by atoms with Crippen LogP contribution < -0.4 is 5.73 Å². The lowest BCUT2D eigenvalue weighted by molar-refractivity contribution is -0.145. The normalized spacial score (nSPS) is 9.12. The first-order chi connectivity index (χ1) is 7.43. The Hall–Kier alpha value is -2.12. The fourth-order valence-electron chi connectivity index (χ4n) is 0.777. The Morgan fingerprint density at radius 1 is 1.25 bits per heavy atom. The number of carbonyl (C=O) groups excluding carboxylic acids is 4. The zero-order valence-corrected chi connectivity index (χ0v) is 8.89. The average Bonchev–Trinajstić information content (AvgIpc) is 2.17. The summed E-state index contributed by atoms with van der Waals surface area (Å²) >= 11 is 0. The maximum atomic E-state index is 11.3. The molecule has 8 heteroatoms. The van der Waals surface area contributed by atoms with Crippen LogP contribution in [-0.4, -0.2) is 42.6 Å². The van der Waals surface area contributed by atoms with Gasteiger partial charge < -0.3 is 15.2 Å². The molecule has 4 amide bonds. The Balaban J connectivity index is 4.66. The standard InChI is InChI=1S/C8H12N2O6/c1-3-16-8(14)10(7(9)13)5(11)4-6(12)15-2/h3-4H2,1-2H3,(H2,9,13). The van der Waals surface area contributed by atoms with Crippen molar-refractivity contribution in [2.75, 3.05) is 13.7 Å². The molecule has 0 aliphatic heterocycles. The summed E-state index contributed by atoms with van der Waals surface area (Å²) < 4.78 is 8.61. The van der Waals surface area contributed by atoms with E-state index in [9.17, 15) is 19.2 Å². The number of nitrogens with two attached hydrogens (primary N) is 1. The summed E-state index contributed by atoms with van der Waals surface area (Å²) in [7, 11) is 1.06. The fraction of sp³-hybridized carbons (Fsp3) is 0.500. The maximum Gasteiger partial charge on any atom is 0.425 e. The van der Waals surface area contributed by atoms with E-state index in [1.54, 1.807) is 0 Å². The Bertz CT molecular complexity index is 314. The van der Waals surface area contributed by atoms with E-state index in [0.29, 0.717) is 0 Å². The van der Waals surface area contributed by atoms with Gasteiger partial charge in [-0.2, -0.15) is 4.90 Å². The third-order valence-electron chi connectivity index (χ3n) is 1.44. The van der Waals surface area contributed by atoms with Crippen LogP contribution in [0.4, 0.5) is 9.59 Å². The predicted octanol–water partition coefficient (Wildman–Crippen LogP) is -0.387. The quantitative estimate of drug-likeness (QED) is 0.523. The molecule has 90 valence electrons. The van der Waals surface area contributed by atoms with Crippen molar-refractivity contribution in [2.24, 2.45) is 5.73 Å². The summed E-state index contributed by atoms with van der Waals surface area (Å²) in [6, 6.07) is -1.31. The number of rotatable bonds is 3. The molecule has 0 fully saturated rings. The smallest absolute Gasteiger partial charge is 0.425 e. The van der Waals surface area contributed by atoms with Crippen molar-refractivity contribution in [2.45, 2.75) is 13.3 Å². The largest absolute Gasteiger partial charge is 0.469 e. The predicted molar refractivity (Wildman–Crippen MR) is 50.1 cm³/mol. The fourth-order valence-corrected chi connectivity index (χ4v) is 0.777. The lowest BCUT2D eigenvalue weighted by Gasteiger charge is -2.14. The van der Waals surface area contributed by atoms with E-state index in [2.05, 4.69) is 9.47 Å². The first kappa shape index (κ1) is 13.9. The van der Waals surface area contributed by atoms with E-state index < -0.39 is 30.4 Å². The van der Waals surface area contributed by atoms with E-state index in [0.717, 1.165) is 7.11 Å². The van der Waals surface area contributed by atoms with Crippen molar-refractivity contribution in [1.29, 1.82) is 0 Å². The van der Waals surface area contributed by atoms with Gasteiger partial charge in [-0.1, -0.05) is 0 Å². The summed E-state index contributed by atoms with van der Waals surface area (Å²) in [5.41, 5.74) is 4.80. The molecule has 8 nitrogen and oxygen atoms in total. The summed E-state index contributed by atoms with van der Waals surface area (Å²) in [6.45, 7) is 1.45. The molecule has 0 aromatic rings. The van der Waals surface area contributed by atoms with Crippen molar-refractivity contribution >= 4 is 24.0 Å². The number of methoxy groups -OCH3 is 1. The molecule has 0 aromatic carbocycles. The van der Waals surface area contributed by atoms with Crippen LogP contribution in [0.5, 0.6) is 0 Å². The van der Waals surface area contributed by atoms with Gasteiger partial charge in [-0.25, -0.2) is 9.59 Å². The molecule has 0 radical (unpaired) electrons. The summed E-state index contributed by atoms with van der Waals surface area (Å²) in [5, 5.41) is 0. The number of amides is 4. The lowest BCUT2D eigenvalue weighted by Crippen LogP contribution is -2.46. The van der Waals surface area contributed by atoms with Crippen molar-refractivity contribution < 1.29 is 28.7 Å². The van der Waals surface area contributed by atoms with E-state index in [1.165, 1.54) is 6.92 Å². The molecule has 0 rings (SSSR count). The number of hydrogen-bond donors (Lipinski definition) is 1. The van der Waals surface area contributed by atoms with Crippen LogP contribution in [-0.2, 0) is 19.1 Å². The van der Waals surface area contributed by atoms with Gasteiger partial charge in [-0.3, -0.25) is 9.59 Å². The highest BCUT2D eigenvalue weighted by Crippen LogP contribution is 1.99. The molecule has 0 aromatic heterocycles. The van der Waals surface area contributed by atoms with Crippen LogP contribution in [0.25, 0.3) is 0 Å². The molecule has 0 saturated carbocycles. The first-order valence-corrected chi connectivity index (χ1v) is 4.30. The summed E-state index contributed by atoms with van der Waals surface area (Å²) in [6.07, 6.45) is -1.98. The Morgan fingerprint density at radius 2 is 1.81 bits per heavy atom. The number of nitrogens with zero attached hydrogens (tertiary/aromatic N) is 1. The summed E-state index contributed by atoms with van der Waals surface area (Å²) in [5.74, 6) is -1.99. The average molecular weight is 232 g/mol. The van der Waals surface area contributed by atoms with Gasteiger partial charge in [0.1, 0.15) is 6.42 Å². The monoisotopic (exact) mass is 232 g/mol. The molecular weight excluding hydrogens is 220 g/mol. The highest BCUT2D eigenvalue weighted by atomic mass is 16.6. The van der Waals surface area contributed by atoms with Gasteiger partial charge in [0.05, 0.1) is 13.7 Å². The van der Waals surface area contributed by atoms with Crippen LogP contribution >= 0.6 is 0 Å². The molecule has 0 bridgehead atoms. The third kappa shape index (κ3) is 3.95. The highest BCUT2D eigenvalue weighted by molar-refractivity contribution is 6.11. The minimum atomic E-state index is -1.31. The number of urea groups is 1. The van der Waals surface area contributed by atoms with E-state index in [4.69, 9.17) is 5.73 Å². The lowest BCUT2D eigenvalue weighted by atomic mass is 10.4. The van der Waals surface area contributed by atoms with Crippen molar-refractivity contribution in [3.8, 4) is 0 Å². The van der Waals surface area contributed by atoms with Gasteiger partial charge in [0.2, 0.25) is 0 Å². The molecule has 0 atom stereocenters. The number of hydrogen-bond acceptors (Lipinski definition) is 6. The minimum Gasteiger partial charge on any atom is -0.469 e. The number of primary amides is 1. The molecule has 0 saturated heterocycles. The SMILES string of the molecule is CCOC(=O)N(C(N)=O)C(=O)CC(=O)OC. The summed E-state index contributed by atoms with van der Waals surface area (Å²) in [4.78, 5) is 44.0. The second kappa shape index (κ2) is 6.38. The number of carbonyl (C=O) groups is 4. The Morgan fingerprint density at radius 3 is 2.19 bits per heavy atom. The second-order valence-corrected chi connectivity index (χ2v) is 2.52. The highest BCUT2D eigenvalue weighted by Gasteiger charge is 2.29. The van der Waals surface area contributed by atoms with Gasteiger partial charge >= 0.3 is 18.1 Å². The molecule has 0 aliphatic carbocycles. The zero-order valence-electron chi connectivity index (χ0n) is 8.89. The van der Waals surface area contributed by atoms with Gasteiger partial charge in [-0.15, -0.1) is 0 Å². The number of esters is 1. The van der Waals surface area contributed by atoms with Crippen molar-refractivity contribution in [1.82, 2.24) is 4.90 Å². The number of imide groups is 3. The molecule has 0 heterocycles. The van der Waals surface area contributed by atoms with E-state index >= 15 is 0 Å². The molecule has 0 spiro atoms. The van der Waals surface area contributed by atoms with Crippen molar-refractivity contribution in [3.63, 3.8) is 0 Å². The van der Waals surface area contributed by atoms with Crippen LogP contribution in [0.15, 0.2) is 0 Å². The van der Waals surface area contributed by atoms with Gasteiger partial charge in [0, 0.05) is 0 Å². The minimum absolute atomic E-state index is 0.0336. The van der Waals surface area contributed by atoms with Gasteiger partial charge in [-0.05, 0) is 6.92 Å². The first-order valence-electron chi connectivity index (χ1n) is 4.30. The van der Waals surface area contributed by atoms with Crippen LogP contribution in [0, 0.1) is 0 Å². The maximum absolute atomic E-state index is 11.3. The van der Waals surface area contributed by atoms with Crippen LogP contribution in [0.3, 0.4) is 0 Å². The topological polar surface area (TPSA) is 116 Å². The van der Waals surface area contributed by atoms with Crippen LogP contribution in [0.2, 0.25) is 0 Å². The second-order valence-electron chi connectivity index (χ2n) is 2.52.